The van der Waals surface area contributed by atoms with E-state index in [4.69, 9.17) is 9.47 Å². The van der Waals surface area contributed by atoms with Crippen molar-refractivity contribution >= 4 is 11.8 Å². The van der Waals surface area contributed by atoms with Gasteiger partial charge in [0.2, 0.25) is 11.8 Å². The van der Waals surface area contributed by atoms with Crippen molar-refractivity contribution in [3.63, 3.8) is 0 Å². The topological polar surface area (TPSA) is 65.6 Å². The number of amides is 2. The normalized spacial score (nSPS) is 24.4. The summed E-state index contributed by atoms with van der Waals surface area (Å²) in [7, 11) is 0. The number of morpholine rings is 1. The third-order valence-electron chi connectivity index (χ3n) is 11.8. The maximum absolute atomic E-state index is 12.0. The molecule has 0 aromatic carbocycles. The van der Waals surface area contributed by atoms with E-state index in [1.165, 1.54) is 18.5 Å². The Morgan fingerprint density at radius 3 is 1.12 bits per heavy atom. The lowest BCUT2D eigenvalue weighted by Gasteiger charge is -2.50. The van der Waals surface area contributed by atoms with Gasteiger partial charge in [-0.25, -0.2) is 0 Å². The number of nitrogens with zero attached hydrogens (tertiary/aromatic N) is 4. The fraction of sp³-hybridized carbons (Fsp3) is 0.880. The molecule has 0 saturated carbocycles. The van der Waals surface area contributed by atoms with Gasteiger partial charge in [0.15, 0.2) is 5.88 Å². The molecular weight excluding hydrogens is 721 g/mol. The Morgan fingerprint density at radius 2 is 0.810 bits per heavy atom. The summed E-state index contributed by atoms with van der Waals surface area (Å²) in [6.45, 7) is 62.8. The second kappa shape index (κ2) is 18.8. The molecule has 0 aromatic rings. The average Bonchev–Trinajstić information content (AvgIpc) is 3.59. The highest BCUT2D eigenvalue weighted by Crippen LogP contribution is 2.42. The van der Waals surface area contributed by atoms with Crippen LogP contribution in [-0.2, 0) is 19.1 Å². The number of carbonyl (C=O) groups is 2. The van der Waals surface area contributed by atoms with Crippen LogP contribution < -0.4 is 0 Å². The molecule has 4 heterocycles. The van der Waals surface area contributed by atoms with E-state index in [0.717, 1.165) is 31.8 Å². The minimum atomic E-state index is -0.126. The molecule has 4 aliphatic rings. The molecule has 2 amide bonds. The van der Waals surface area contributed by atoms with Crippen molar-refractivity contribution in [1.82, 2.24) is 19.6 Å². The molecular formula is C50H96N4O4. The lowest BCUT2D eigenvalue weighted by Crippen LogP contribution is -2.61. The summed E-state index contributed by atoms with van der Waals surface area (Å²) in [6, 6.07) is 1.63. The Hall–Kier alpha value is -2.22. The maximum Gasteiger partial charge on any atom is 0.249 e. The van der Waals surface area contributed by atoms with E-state index in [1.54, 1.807) is 0 Å². The van der Waals surface area contributed by atoms with Gasteiger partial charge >= 0.3 is 0 Å². The molecule has 8 nitrogen and oxygen atoms in total. The molecule has 0 radical (unpaired) electrons. The van der Waals surface area contributed by atoms with Crippen LogP contribution in [0.25, 0.3) is 0 Å². The summed E-state index contributed by atoms with van der Waals surface area (Å²) < 4.78 is 10.9. The van der Waals surface area contributed by atoms with Gasteiger partial charge in [-0.05, 0) is 137 Å². The van der Waals surface area contributed by atoms with Crippen molar-refractivity contribution in [1.29, 1.82) is 0 Å². The van der Waals surface area contributed by atoms with Gasteiger partial charge < -0.3 is 29.1 Å². The molecule has 0 aliphatic carbocycles. The highest BCUT2D eigenvalue weighted by molar-refractivity contribution is 5.79. The van der Waals surface area contributed by atoms with Crippen LogP contribution in [0.5, 0.6) is 0 Å². The molecule has 0 spiro atoms. The predicted molar refractivity (Wildman–Crippen MR) is 247 cm³/mol. The zero-order valence-corrected chi connectivity index (χ0v) is 42.8. The fourth-order valence-electron chi connectivity index (χ4n) is 9.09. The molecule has 4 unspecified atom stereocenters. The fourth-order valence-corrected chi connectivity index (χ4v) is 9.09. The van der Waals surface area contributed by atoms with E-state index in [0.29, 0.717) is 36.1 Å². The lowest BCUT2D eigenvalue weighted by molar-refractivity contribution is -0.162. The minimum Gasteiger partial charge on any atom is -0.477 e. The molecule has 4 aliphatic heterocycles. The quantitative estimate of drug-likeness (QED) is 0.243. The van der Waals surface area contributed by atoms with Crippen LogP contribution >= 0.6 is 0 Å². The van der Waals surface area contributed by atoms with Crippen LogP contribution in [0.2, 0.25) is 0 Å². The van der Waals surface area contributed by atoms with Crippen LogP contribution in [0.15, 0.2) is 24.7 Å². The summed E-state index contributed by atoms with van der Waals surface area (Å²) in [4.78, 5) is 32.8. The van der Waals surface area contributed by atoms with Gasteiger partial charge in [-0.3, -0.25) is 9.59 Å². The number of hydrogen-bond donors (Lipinski definition) is 0. The first-order chi connectivity index (χ1) is 25.6. The van der Waals surface area contributed by atoms with Crippen LogP contribution in [0.1, 0.15) is 198 Å². The summed E-state index contributed by atoms with van der Waals surface area (Å²) >= 11 is 0. The average molecular weight is 817 g/mol. The summed E-state index contributed by atoms with van der Waals surface area (Å²) in [5.74, 6) is 1.25. The van der Waals surface area contributed by atoms with Gasteiger partial charge in [0.05, 0.1) is 18.7 Å². The van der Waals surface area contributed by atoms with Crippen molar-refractivity contribution < 1.29 is 19.1 Å². The zero-order chi connectivity index (χ0) is 46.0. The highest BCUT2D eigenvalue weighted by atomic mass is 16.5. The molecule has 4 saturated heterocycles. The molecule has 8 heteroatoms. The molecule has 4 rings (SSSR count). The van der Waals surface area contributed by atoms with Gasteiger partial charge in [0, 0.05) is 46.4 Å². The highest BCUT2D eigenvalue weighted by Gasteiger charge is 2.45. The second-order valence-electron chi connectivity index (χ2n) is 25.7. The zero-order valence-electron chi connectivity index (χ0n) is 42.8. The monoisotopic (exact) mass is 817 g/mol. The summed E-state index contributed by atoms with van der Waals surface area (Å²) in [5, 5.41) is 0. The molecule has 0 bridgehead atoms. The summed E-state index contributed by atoms with van der Waals surface area (Å²) in [6.07, 6.45) is 5.35. The number of piperidine rings is 1. The van der Waals surface area contributed by atoms with Crippen LogP contribution in [0, 0.1) is 21.7 Å². The molecule has 0 aromatic heterocycles. The van der Waals surface area contributed by atoms with Crippen molar-refractivity contribution in [2.24, 2.45) is 21.7 Å². The van der Waals surface area contributed by atoms with Crippen LogP contribution in [0.3, 0.4) is 0 Å². The third-order valence-corrected chi connectivity index (χ3v) is 11.8. The number of rotatable bonds is 0. The van der Waals surface area contributed by atoms with E-state index in [1.807, 2.05) is 4.90 Å². The number of ether oxygens (including phenoxy) is 2. The van der Waals surface area contributed by atoms with E-state index in [9.17, 15) is 9.59 Å². The van der Waals surface area contributed by atoms with Crippen molar-refractivity contribution in [3.05, 3.63) is 24.7 Å². The Labute approximate surface area is 360 Å². The van der Waals surface area contributed by atoms with E-state index >= 15 is 0 Å². The van der Waals surface area contributed by atoms with Crippen molar-refractivity contribution in [2.45, 2.75) is 245 Å². The first-order valence-electron chi connectivity index (χ1n) is 22.4. The van der Waals surface area contributed by atoms with Gasteiger partial charge in [-0.1, -0.05) is 89.7 Å². The largest absolute Gasteiger partial charge is 0.477 e. The molecule has 340 valence electrons. The van der Waals surface area contributed by atoms with Crippen molar-refractivity contribution in [3.8, 4) is 0 Å². The molecule has 4 fully saturated rings. The number of allylic oxidation sites excluding steroid dienone is 1. The van der Waals surface area contributed by atoms with Gasteiger partial charge in [-0.15, -0.1) is 0 Å². The van der Waals surface area contributed by atoms with Crippen molar-refractivity contribution in [2.75, 3.05) is 19.8 Å². The summed E-state index contributed by atoms with van der Waals surface area (Å²) in [5.41, 5.74) is 2.27. The number of likely N-dealkylation sites (tertiary alicyclic amines) is 2. The molecule has 58 heavy (non-hydrogen) atoms. The standard InChI is InChI=1S/C13H25NO.C13H25N.C12H23NO2.C12H23NO/c1-12(2,3)10-8-7-9-11(15)14(10)13(4,5)6;1-10-8-9-11(12(2,3)4)14(10)13(5,6)7;1-11(2,3)9-7-15-8-10(14)13(9)12(4,5)6;1-9-13(12(5,6)7)10(8-14-9)11(2,3)4/h10H,7-9H2,1-6H3;11H,1,8-9H2,2-7H3;9H,7-8H2,1-6H3;10H,1,8H2,2-7H3. The van der Waals surface area contributed by atoms with E-state index in [-0.39, 0.29) is 57.0 Å². The molecule has 0 N–H and O–H groups in total. The first-order valence-corrected chi connectivity index (χ1v) is 22.4. The maximum atomic E-state index is 12.0. The SMILES string of the molecule is C=C1CCC(C(C)(C)C)N1C(C)(C)C.C=C1OCC(C(C)(C)C)N1C(C)(C)C.CC(C)(C)C1CCCC(=O)N1C(C)(C)C.CC(C)(C)C1COCC(=O)N1C(C)(C)C. The van der Waals surface area contributed by atoms with E-state index in [2.05, 4.69) is 194 Å². The predicted octanol–water partition coefficient (Wildman–Crippen LogP) is 12.1. The smallest absolute Gasteiger partial charge is 0.249 e. The number of carbonyl (C=O) groups excluding carboxylic acids is 2. The lowest BCUT2D eigenvalue weighted by atomic mass is 9.78. The molecule has 4 atom stereocenters. The van der Waals surface area contributed by atoms with Gasteiger partial charge in [0.1, 0.15) is 13.2 Å². The second-order valence-corrected chi connectivity index (χ2v) is 25.7. The van der Waals surface area contributed by atoms with Gasteiger partial charge in [-0.2, -0.15) is 0 Å². The Morgan fingerprint density at radius 1 is 0.448 bits per heavy atom. The van der Waals surface area contributed by atoms with Crippen LogP contribution in [-0.4, -0.2) is 97.6 Å². The Kier molecular flexibility index (Phi) is 17.4. The Bertz CT molecular complexity index is 1270. The van der Waals surface area contributed by atoms with Crippen LogP contribution in [0.4, 0.5) is 0 Å². The number of hydrogen-bond acceptors (Lipinski definition) is 6. The van der Waals surface area contributed by atoms with Gasteiger partial charge in [0.25, 0.3) is 0 Å². The minimum absolute atomic E-state index is 0.0462. The Balaban J connectivity index is 0.000000387. The third kappa shape index (κ3) is 15.0. The van der Waals surface area contributed by atoms with E-state index < -0.39 is 0 Å². The first kappa shape index (κ1) is 53.8.